The Morgan fingerprint density at radius 1 is 1.43 bits per heavy atom. The van der Waals surface area contributed by atoms with Crippen molar-refractivity contribution in [3.05, 3.63) is 18.2 Å². The number of amides is 1. The van der Waals surface area contributed by atoms with E-state index in [0.717, 1.165) is 25.1 Å². The Morgan fingerprint density at radius 2 is 2.24 bits per heavy atom. The lowest BCUT2D eigenvalue weighted by Crippen LogP contribution is -2.45. The highest BCUT2D eigenvalue weighted by atomic mass is 16.5. The van der Waals surface area contributed by atoms with Gasteiger partial charge in [0.15, 0.2) is 11.5 Å². The third-order valence-corrected chi connectivity index (χ3v) is 3.71. The van der Waals surface area contributed by atoms with E-state index >= 15 is 0 Å². The second kappa shape index (κ2) is 7.31. The minimum Gasteiger partial charge on any atom is -0.493 e. The zero-order valence-electron chi connectivity index (χ0n) is 12.9. The van der Waals surface area contributed by atoms with Gasteiger partial charge in [-0.15, -0.1) is 0 Å². The highest BCUT2D eigenvalue weighted by Crippen LogP contribution is 2.30. The molecule has 1 aromatic rings. The summed E-state index contributed by atoms with van der Waals surface area (Å²) in [4.78, 5) is 12.3. The Labute approximate surface area is 126 Å². The molecule has 5 nitrogen and oxygen atoms in total. The van der Waals surface area contributed by atoms with Gasteiger partial charge in [-0.3, -0.25) is 4.79 Å². The molecular weight excluding hydrogens is 268 g/mol. The number of hydrogen-bond acceptors (Lipinski definition) is 4. The van der Waals surface area contributed by atoms with Crippen molar-refractivity contribution in [2.45, 2.75) is 32.7 Å². The lowest BCUT2D eigenvalue weighted by molar-refractivity contribution is -0.119. The van der Waals surface area contributed by atoms with Crippen LogP contribution in [0.25, 0.3) is 0 Å². The largest absolute Gasteiger partial charge is 0.493 e. The number of hydrogen-bond donors (Lipinski definition) is 2. The second-order valence-electron chi connectivity index (χ2n) is 5.42. The number of carbonyl (C=O) groups is 1. The zero-order valence-corrected chi connectivity index (χ0v) is 12.9. The summed E-state index contributed by atoms with van der Waals surface area (Å²) in [6.07, 6.45) is 2.00. The van der Waals surface area contributed by atoms with E-state index in [0.29, 0.717) is 24.0 Å². The van der Waals surface area contributed by atoms with E-state index in [2.05, 4.69) is 17.6 Å². The van der Waals surface area contributed by atoms with Crippen molar-refractivity contribution in [2.24, 2.45) is 5.92 Å². The van der Waals surface area contributed by atoms with E-state index in [1.165, 1.54) is 0 Å². The molecule has 21 heavy (non-hydrogen) atoms. The van der Waals surface area contributed by atoms with Gasteiger partial charge in [0, 0.05) is 11.8 Å². The average molecular weight is 292 g/mol. The van der Waals surface area contributed by atoms with Crippen LogP contribution in [0.5, 0.6) is 11.5 Å². The normalized spacial score (nSPS) is 21.7. The van der Waals surface area contributed by atoms with Gasteiger partial charge < -0.3 is 20.1 Å². The second-order valence-corrected chi connectivity index (χ2v) is 5.42. The van der Waals surface area contributed by atoms with Crippen LogP contribution in [-0.2, 0) is 4.79 Å². The number of nitrogens with one attached hydrogen (secondary N) is 2. The maximum Gasteiger partial charge on any atom is 0.241 e. The fraction of sp³-hybridized carbons (Fsp3) is 0.562. The quantitative estimate of drug-likeness (QED) is 0.875. The van der Waals surface area contributed by atoms with Crippen molar-refractivity contribution in [2.75, 3.05) is 25.6 Å². The molecule has 1 aliphatic heterocycles. The van der Waals surface area contributed by atoms with Crippen molar-refractivity contribution in [3.8, 4) is 11.5 Å². The minimum atomic E-state index is -0.119. The molecule has 0 spiro atoms. The van der Waals surface area contributed by atoms with Crippen LogP contribution >= 0.6 is 0 Å². The molecule has 1 fully saturated rings. The molecule has 0 aromatic heterocycles. The van der Waals surface area contributed by atoms with E-state index in [1.54, 1.807) is 13.2 Å². The molecule has 1 heterocycles. The molecule has 2 N–H and O–H groups in total. The lowest BCUT2D eigenvalue weighted by Gasteiger charge is -2.27. The molecule has 1 amide bonds. The van der Waals surface area contributed by atoms with Crippen LogP contribution in [0.1, 0.15) is 26.7 Å². The van der Waals surface area contributed by atoms with Gasteiger partial charge in [0.1, 0.15) is 0 Å². The first-order valence-electron chi connectivity index (χ1n) is 7.49. The first-order valence-corrected chi connectivity index (χ1v) is 7.49. The summed E-state index contributed by atoms with van der Waals surface area (Å²) in [7, 11) is 1.59. The van der Waals surface area contributed by atoms with Crippen LogP contribution in [0.15, 0.2) is 18.2 Å². The van der Waals surface area contributed by atoms with Gasteiger partial charge in [-0.2, -0.15) is 0 Å². The summed E-state index contributed by atoms with van der Waals surface area (Å²) in [5.74, 6) is 1.90. The summed E-state index contributed by atoms with van der Waals surface area (Å²) in [5, 5.41) is 6.20. The predicted molar refractivity (Wildman–Crippen MR) is 83.0 cm³/mol. The van der Waals surface area contributed by atoms with Crippen LogP contribution in [0.3, 0.4) is 0 Å². The van der Waals surface area contributed by atoms with Crippen LogP contribution in [0.4, 0.5) is 5.69 Å². The third-order valence-electron chi connectivity index (χ3n) is 3.71. The van der Waals surface area contributed by atoms with Crippen molar-refractivity contribution in [3.63, 3.8) is 0 Å². The first-order chi connectivity index (χ1) is 10.1. The van der Waals surface area contributed by atoms with E-state index in [9.17, 15) is 4.79 Å². The molecule has 116 valence electrons. The number of benzene rings is 1. The van der Waals surface area contributed by atoms with Gasteiger partial charge in [-0.1, -0.05) is 6.92 Å². The molecule has 2 unspecified atom stereocenters. The summed E-state index contributed by atoms with van der Waals surface area (Å²) < 4.78 is 10.8. The molecule has 0 saturated carbocycles. The summed E-state index contributed by atoms with van der Waals surface area (Å²) in [5.41, 5.74) is 0.723. The van der Waals surface area contributed by atoms with Gasteiger partial charge in [0.2, 0.25) is 5.91 Å². The molecule has 2 rings (SSSR count). The molecule has 1 aliphatic rings. The highest BCUT2D eigenvalue weighted by Gasteiger charge is 2.24. The van der Waals surface area contributed by atoms with E-state index < -0.39 is 0 Å². The molecule has 5 heteroatoms. The summed E-state index contributed by atoms with van der Waals surface area (Å²) in [6.45, 7) is 5.57. The van der Waals surface area contributed by atoms with Crippen LogP contribution in [0, 0.1) is 5.92 Å². The maximum atomic E-state index is 12.3. The Balaban J connectivity index is 2.03. The molecule has 1 aromatic carbocycles. The third kappa shape index (κ3) is 4.11. The van der Waals surface area contributed by atoms with Crippen LogP contribution in [-0.4, -0.2) is 32.2 Å². The van der Waals surface area contributed by atoms with Crippen LogP contribution in [0.2, 0.25) is 0 Å². The number of piperidine rings is 1. The van der Waals surface area contributed by atoms with Gasteiger partial charge in [-0.25, -0.2) is 0 Å². The van der Waals surface area contributed by atoms with Crippen molar-refractivity contribution >= 4 is 11.6 Å². The van der Waals surface area contributed by atoms with Gasteiger partial charge >= 0.3 is 0 Å². The number of methoxy groups -OCH3 is 1. The van der Waals surface area contributed by atoms with E-state index in [4.69, 9.17) is 9.47 Å². The monoisotopic (exact) mass is 292 g/mol. The Kier molecular flexibility index (Phi) is 5.44. The highest BCUT2D eigenvalue weighted by molar-refractivity contribution is 5.95. The fourth-order valence-corrected chi connectivity index (χ4v) is 2.56. The number of carbonyl (C=O) groups excluding carboxylic acids is 1. The van der Waals surface area contributed by atoms with E-state index in [1.807, 2.05) is 19.1 Å². The fourth-order valence-electron chi connectivity index (χ4n) is 2.56. The minimum absolute atomic E-state index is 0.00719. The Hall–Kier alpha value is -1.75. The van der Waals surface area contributed by atoms with Crippen molar-refractivity contribution in [1.82, 2.24) is 5.32 Å². The number of anilines is 1. The molecular formula is C16H24N2O3. The smallest absolute Gasteiger partial charge is 0.241 e. The molecule has 0 aliphatic carbocycles. The molecule has 0 radical (unpaired) electrons. The molecule has 0 bridgehead atoms. The predicted octanol–water partition coefficient (Wildman–Crippen LogP) is 2.42. The maximum absolute atomic E-state index is 12.3. The van der Waals surface area contributed by atoms with Gasteiger partial charge in [0.25, 0.3) is 0 Å². The SMILES string of the molecule is CCOc1ccc(NC(=O)C2CC(C)CCN2)cc1OC. The topological polar surface area (TPSA) is 59.6 Å². The average Bonchev–Trinajstić information content (AvgIpc) is 2.49. The Morgan fingerprint density at radius 3 is 2.90 bits per heavy atom. The van der Waals surface area contributed by atoms with Gasteiger partial charge in [0.05, 0.1) is 19.8 Å². The number of rotatable bonds is 5. The zero-order chi connectivity index (χ0) is 15.2. The summed E-state index contributed by atoms with van der Waals surface area (Å²) in [6, 6.07) is 5.31. The number of ether oxygens (including phenoxy) is 2. The standard InChI is InChI=1S/C16H24N2O3/c1-4-21-14-6-5-12(10-15(14)20-3)18-16(19)13-9-11(2)7-8-17-13/h5-6,10-11,13,17H,4,7-9H2,1-3H3,(H,18,19). The van der Waals surface area contributed by atoms with Crippen molar-refractivity contribution < 1.29 is 14.3 Å². The van der Waals surface area contributed by atoms with Crippen molar-refractivity contribution in [1.29, 1.82) is 0 Å². The Bertz CT molecular complexity index is 490. The van der Waals surface area contributed by atoms with Crippen LogP contribution < -0.4 is 20.1 Å². The van der Waals surface area contributed by atoms with Gasteiger partial charge in [-0.05, 0) is 44.4 Å². The first kappa shape index (κ1) is 15.6. The summed E-state index contributed by atoms with van der Waals surface area (Å²) >= 11 is 0. The molecule has 2 atom stereocenters. The van der Waals surface area contributed by atoms with E-state index in [-0.39, 0.29) is 11.9 Å². The molecule has 1 saturated heterocycles. The lowest BCUT2D eigenvalue weighted by atomic mass is 9.94.